The number of benzene rings is 1. The topological polar surface area (TPSA) is 69.3 Å². The number of carbonyl (C=O) groups excluding carboxylic acids is 1. The van der Waals surface area contributed by atoms with Crippen LogP contribution in [0.25, 0.3) is 6.08 Å². The van der Waals surface area contributed by atoms with Gasteiger partial charge in [0.05, 0.1) is 11.4 Å². The van der Waals surface area contributed by atoms with Crippen molar-refractivity contribution >= 4 is 46.1 Å². The summed E-state index contributed by atoms with van der Waals surface area (Å²) in [6.45, 7) is 6.27. The van der Waals surface area contributed by atoms with Crippen LogP contribution in [-0.4, -0.2) is 32.8 Å². The molecular formula is C28H31FN4O2S2. The second kappa shape index (κ2) is 12.1. The standard InChI is InChI=1S/C28H31FN4O2S2/c1-3-4-15-32-25(31-13-7-5-6-8-14-31)22(19(2)23(17-30)26(32)34)16-24-27(35)33(28(36)37-24)18-20-9-11-21(29)12-10-20/h9-12,16H,3-8,13-15,18H2,1-2H3. The number of thioether (sulfide) groups is 1. The molecule has 4 rings (SSSR count). The van der Waals surface area contributed by atoms with Crippen molar-refractivity contribution in [1.29, 1.82) is 5.26 Å². The fraction of sp³-hybridized carbons (Fsp3) is 0.429. The van der Waals surface area contributed by atoms with Crippen LogP contribution in [0.4, 0.5) is 10.2 Å². The molecule has 0 saturated carbocycles. The number of rotatable bonds is 7. The lowest BCUT2D eigenvalue weighted by Gasteiger charge is -2.29. The lowest BCUT2D eigenvalue weighted by molar-refractivity contribution is -0.122. The van der Waals surface area contributed by atoms with Gasteiger partial charge < -0.3 is 4.90 Å². The van der Waals surface area contributed by atoms with Crippen molar-refractivity contribution in [3.05, 3.63) is 67.6 Å². The van der Waals surface area contributed by atoms with E-state index in [9.17, 15) is 19.2 Å². The molecule has 2 aliphatic rings. The summed E-state index contributed by atoms with van der Waals surface area (Å²) in [5.74, 6) is 0.225. The van der Waals surface area contributed by atoms with E-state index in [-0.39, 0.29) is 29.4 Å². The summed E-state index contributed by atoms with van der Waals surface area (Å²) in [7, 11) is 0. The Balaban J connectivity index is 1.81. The van der Waals surface area contributed by atoms with Crippen molar-refractivity contribution < 1.29 is 9.18 Å². The second-order valence-corrected chi connectivity index (χ2v) is 11.1. The Labute approximate surface area is 226 Å². The van der Waals surface area contributed by atoms with E-state index < -0.39 is 0 Å². The molecule has 0 radical (unpaired) electrons. The zero-order valence-electron chi connectivity index (χ0n) is 21.3. The van der Waals surface area contributed by atoms with Crippen LogP contribution in [0.2, 0.25) is 0 Å². The number of aromatic nitrogens is 1. The van der Waals surface area contributed by atoms with Crippen LogP contribution < -0.4 is 10.5 Å². The van der Waals surface area contributed by atoms with Gasteiger partial charge in [0, 0.05) is 25.2 Å². The van der Waals surface area contributed by atoms with Gasteiger partial charge in [-0.15, -0.1) is 0 Å². The number of carbonyl (C=O) groups is 1. The number of pyridine rings is 1. The Morgan fingerprint density at radius 2 is 1.81 bits per heavy atom. The number of hydrogen-bond donors (Lipinski definition) is 0. The van der Waals surface area contributed by atoms with E-state index in [0.29, 0.717) is 21.3 Å². The smallest absolute Gasteiger partial charge is 0.270 e. The van der Waals surface area contributed by atoms with E-state index in [0.717, 1.165) is 68.6 Å². The fourth-order valence-corrected chi connectivity index (χ4v) is 6.07. The molecule has 2 aliphatic heterocycles. The quantitative estimate of drug-likeness (QED) is 0.330. The van der Waals surface area contributed by atoms with Crippen molar-refractivity contribution in [2.24, 2.45) is 0 Å². The van der Waals surface area contributed by atoms with Gasteiger partial charge in [0.15, 0.2) is 0 Å². The maximum absolute atomic E-state index is 13.5. The highest BCUT2D eigenvalue weighted by Crippen LogP contribution is 2.37. The van der Waals surface area contributed by atoms with Gasteiger partial charge in [-0.1, -0.05) is 62.3 Å². The van der Waals surface area contributed by atoms with Gasteiger partial charge >= 0.3 is 0 Å². The SMILES string of the molecule is CCCCn1c(N2CCCCCC2)c(C=C2SC(=S)N(Cc3ccc(F)cc3)C2=O)c(C)c(C#N)c1=O. The van der Waals surface area contributed by atoms with Gasteiger partial charge in [0.1, 0.15) is 27.6 Å². The van der Waals surface area contributed by atoms with Gasteiger partial charge in [0.2, 0.25) is 0 Å². The molecule has 0 aliphatic carbocycles. The molecule has 1 aromatic carbocycles. The predicted molar refractivity (Wildman–Crippen MR) is 151 cm³/mol. The van der Waals surface area contributed by atoms with Crippen LogP contribution in [0.1, 0.15) is 67.7 Å². The van der Waals surface area contributed by atoms with Gasteiger partial charge in [0.25, 0.3) is 11.5 Å². The minimum atomic E-state index is -0.336. The third kappa shape index (κ3) is 5.81. The summed E-state index contributed by atoms with van der Waals surface area (Å²) >= 11 is 6.75. The van der Waals surface area contributed by atoms with Crippen molar-refractivity contribution in [2.75, 3.05) is 18.0 Å². The molecule has 9 heteroatoms. The van der Waals surface area contributed by atoms with Crippen LogP contribution in [0.3, 0.4) is 0 Å². The van der Waals surface area contributed by atoms with Crippen molar-refractivity contribution in [3.63, 3.8) is 0 Å². The molecule has 0 atom stereocenters. The number of thiocarbonyl (C=S) groups is 1. The Kier molecular flexibility index (Phi) is 8.83. The van der Waals surface area contributed by atoms with Gasteiger partial charge in [-0.05, 0) is 55.5 Å². The highest BCUT2D eigenvalue weighted by Gasteiger charge is 2.33. The Hall–Kier alpha value is -2.96. The Morgan fingerprint density at radius 3 is 2.43 bits per heavy atom. The number of unbranched alkanes of at least 4 members (excludes halogenated alkanes) is 1. The molecule has 37 heavy (non-hydrogen) atoms. The first-order chi connectivity index (χ1) is 17.8. The molecule has 0 N–H and O–H groups in total. The monoisotopic (exact) mass is 538 g/mol. The average molecular weight is 539 g/mol. The number of amides is 1. The second-order valence-electron chi connectivity index (χ2n) is 9.46. The molecule has 6 nitrogen and oxygen atoms in total. The van der Waals surface area contributed by atoms with Gasteiger partial charge in [-0.2, -0.15) is 5.26 Å². The van der Waals surface area contributed by atoms with Crippen molar-refractivity contribution in [1.82, 2.24) is 9.47 Å². The normalized spacial score (nSPS) is 17.4. The highest BCUT2D eigenvalue weighted by molar-refractivity contribution is 8.26. The molecule has 1 aromatic heterocycles. The predicted octanol–water partition coefficient (Wildman–Crippen LogP) is 5.75. The van der Waals surface area contributed by atoms with Crippen molar-refractivity contribution in [2.45, 2.75) is 65.5 Å². The molecule has 2 fully saturated rings. The van der Waals surface area contributed by atoms with Gasteiger partial charge in [-0.3, -0.25) is 19.1 Å². The number of nitriles is 1. The molecule has 2 saturated heterocycles. The molecule has 0 unspecified atom stereocenters. The summed E-state index contributed by atoms with van der Waals surface area (Å²) < 4.78 is 15.5. The lowest BCUT2D eigenvalue weighted by atomic mass is 10.0. The first-order valence-corrected chi connectivity index (χ1v) is 14.0. The molecular weight excluding hydrogens is 507 g/mol. The van der Waals surface area contributed by atoms with E-state index in [1.807, 2.05) is 6.08 Å². The van der Waals surface area contributed by atoms with Crippen LogP contribution in [0.5, 0.6) is 0 Å². The molecule has 2 aromatic rings. The van der Waals surface area contributed by atoms with E-state index in [2.05, 4.69) is 17.9 Å². The zero-order chi connectivity index (χ0) is 26.5. The van der Waals surface area contributed by atoms with E-state index in [4.69, 9.17) is 12.2 Å². The fourth-order valence-electron chi connectivity index (χ4n) is 4.83. The largest absolute Gasteiger partial charge is 0.357 e. The number of halogens is 1. The first kappa shape index (κ1) is 27.1. The third-order valence-electron chi connectivity index (χ3n) is 6.89. The Morgan fingerprint density at radius 1 is 1.14 bits per heavy atom. The van der Waals surface area contributed by atoms with Crippen LogP contribution >= 0.6 is 24.0 Å². The lowest BCUT2D eigenvalue weighted by Crippen LogP contribution is -2.35. The van der Waals surface area contributed by atoms with Crippen LogP contribution in [-0.2, 0) is 17.9 Å². The maximum atomic E-state index is 13.5. The summed E-state index contributed by atoms with van der Waals surface area (Å²) in [6, 6.07) is 8.12. The van der Waals surface area contributed by atoms with E-state index in [1.54, 1.807) is 23.6 Å². The average Bonchev–Trinajstić information content (AvgIpc) is 3.05. The first-order valence-electron chi connectivity index (χ1n) is 12.8. The molecule has 1 amide bonds. The zero-order valence-corrected chi connectivity index (χ0v) is 22.9. The van der Waals surface area contributed by atoms with E-state index in [1.165, 1.54) is 28.8 Å². The van der Waals surface area contributed by atoms with Crippen LogP contribution in [0, 0.1) is 24.1 Å². The Bertz CT molecular complexity index is 1320. The molecule has 0 spiro atoms. The summed E-state index contributed by atoms with van der Waals surface area (Å²) in [4.78, 5) is 31.1. The minimum Gasteiger partial charge on any atom is -0.357 e. The van der Waals surface area contributed by atoms with Crippen molar-refractivity contribution in [3.8, 4) is 6.07 Å². The number of hydrogen-bond acceptors (Lipinski definition) is 6. The van der Waals surface area contributed by atoms with Crippen LogP contribution in [0.15, 0.2) is 34.0 Å². The maximum Gasteiger partial charge on any atom is 0.270 e. The number of nitrogens with zero attached hydrogens (tertiary/aromatic N) is 4. The van der Waals surface area contributed by atoms with E-state index >= 15 is 0 Å². The molecule has 0 bridgehead atoms. The third-order valence-corrected chi connectivity index (χ3v) is 8.27. The molecule has 3 heterocycles. The van der Waals surface area contributed by atoms with Gasteiger partial charge in [-0.25, -0.2) is 4.39 Å². The summed E-state index contributed by atoms with van der Waals surface area (Å²) in [5.41, 5.74) is 1.94. The minimum absolute atomic E-state index is 0.114. The molecule has 194 valence electrons. The summed E-state index contributed by atoms with van der Waals surface area (Å²) in [5, 5.41) is 9.87. The highest BCUT2D eigenvalue weighted by atomic mass is 32.2. The number of anilines is 1. The summed E-state index contributed by atoms with van der Waals surface area (Å²) in [6.07, 6.45) is 7.88.